The van der Waals surface area contributed by atoms with Gasteiger partial charge in [0.15, 0.2) is 6.29 Å². The monoisotopic (exact) mass is 572 g/mol. The molecule has 0 radical (unpaired) electrons. The van der Waals surface area contributed by atoms with Gasteiger partial charge in [-0.2, -0.15) is 0 Å². The largest absolute Gasteiger partial charge is 0.478 e. The lowest BCUT2D eigenvalue weighted by molar-refractivity contribution is 0.0694. The summed E-state index contributed by atoms with van der Waals surface area (Å²) in [5, 5.41) is 10.6. The van der Waals surface area contributed by atoms with Crippen molar-refractivity contribution in [2.24, 2.45) is 5.41 Å². The zero-order valence-corrected chi connectivity index (χ0v) is 24.7. The Morgan fingerprint density at radius 3 is 2.41 bits per heavy atom. The third kappa shape index (κ3) is 6.50. The molecule has 1 saturated heterocycles. The van der Waals surface area contributed by atoms with Crippen molar-refractivity contribution < 1.29 is 19.4 Å². The van der Waals surface area contributed by atoms with Gasteiger partial charge in [0.05, 0.1) is 5.56 Å². The molecule has 1 N–H and O–H groups in total. The summed E-state index contributed by atoms with van der Waals surface area (Å²) in [6, 6.07) is 18.6. The number of allylic oxidation sites excluding steroid dienone is 1. The Balaban J connectivity index is 1.34. The van der Waals surface area contributed by atoms with Crippen LogP contribution in [0.15, 0.2) is 66.2 Å². The van der Waals surface area contributed by atoms with Gasteiger partial charge >= 0.3 is 5.97 Å². The molecule has 0 aromatic heterocycles. The Labute approximate surface area is 247 Å². The van der Waals surface area contributed by atoms with Crippen LogP contribution in [0.3, 0.4) is 0 Å². The Bertz CT molecular complexity index is 1470. The van der Waals surface area contributed by atoms with Gasteiger partial charge in [-0.15, -0.1) is 0 Å². The average molecular weight is 573 g/mol. The van der Waals surface area contributed by atoms with Crippen molar-refractivity contribution >= 4 is 35.1 Å². The Hall–Kier alpha value is -3.61. The molecule has 3 aromatic carbocycles. The molecule has 0 bridgehead atoms. The second-order valence-corrected chi connectivity index (χ2v) is 12.3. The number of aldehydes is 1. The van der Waals surface area contributed by atoms with E-state index in [9.17, 15) is 14.7 Å². The van der Waals surface area contributed by atoms with Crippen LogP contribution in [0.2, 0.25) is 5.02 Å². The topological polar surface area (TPSA) is 70.1 Å². The number of carboxylic acids is 1. The van der Waals surface area contributed by atoms with E-state index in [0.29, 0.717) is 11.3 Å². The molecular formula is C34H37ClN2O4. The molecule has 1 heterocycles. The molecule has 41 heavy (non-hydrogen) atoms. The van der Waals surface area contributed by atoms with Crippen molar-refractivity contribution in [1.82, 2.24) is 4.90 Å². The number of halogens is 1. The van der Waals surface area contributed by atoms with Crippen LogP contribution >= 0.6 is 11.6 Å². The standard InChI is InChI=1S/C34H37ClN2O4/c1-23-30(13-12-28(33(39)40)32(23)41-31-7-5-4-6-26(31)22-38)37-18-16-36(17-19-37)21-25-14-15-34(2,3)20-29(25)24-8-10-27(35)11-9-24/h4-13,22H,14-21H2,1-3H3,(H,39,40). The van der Waals surface area contributed by atoms with Gasteiger partial charge in [-0.05, 0) is 79.1 Å². The molecule has 0 unspecified atom stereocenters. The zero-order chi connectivity index (χ0) is 29.1. The summed E-state index contributed by atoms with van der Waals surface area (Å²) in [6.45, 7) is 11.0. The maximum absolute atomic E-state index is 12.0. The van der Waals surface area contributed by atoms with Crippen LogP contribution in [-0.4, -0.2) is 55.0 Å². The van der Waals surface area contributed by atoms with Gasteiger partial charge in [-0.1, -0.05) is 55.3 Å². The molecule has 214 valence electrons. The van der Waals surface area contributed by atoms with Crippen molar-refractivity contribution in [2.45, 2.75) is 40.0 Å². The number of rotatable bonds is 8. The van der Waals surface area contributed by atoms with E-state index in [1.807, 2.05) is 25.1 Å². The van der Waals surface area contributed by atoms with Crippen LogP contribution in [0.4, 0.5) is 5.69 Å². The van der Waals surface area contributed by atoms with E-state index >= 15 is 0 Å². The summed E-state index contributed by atoms with van der Waals surface area (Å²) in [5.41, 5.74) is 6.68. The molecule has 0 spiro atoms. The highest BCUT2D eigenvalue weighted by Crippen LogP contribution is 2.43. The predicted octanol–water partition coefficient (Wildman–Crippen LogP) is 7.74. The first-order valence-electron chi connectivity index (χ1n) is 14.2. The molecule has 5 rings (SSSR count). The van der Waals surface area contributed by atoms with Crippen LogP contribution in [0.5, 0.6) is 11.5 Å². The lowest BCUT2D eigenvalue weighted by Crippen LogP contribution is -2.47. The molecular weight excluding hydrogens is 536 g/mol. The van der Waals surface area contributed by atoms with E-state index in [1.165, 1.54) is 23.1 Å². The van der Waals surface area contributed by atoms with Crippen LogP contribution in [0.1, 0.15) is 65.0 Å². The molecule has 7 heteroatoms. The van der Waals surface area contributed by atoms with Crippen LogP contribution in [-0.2, 0) is 0 Å². The van der Waals surface area contributed by atoms with Crippen molar-refractivity contribution in [2.75, 3.05) is 37.6 Å². The quantitative estimate of drug-likeness (QED) is 0.278. The van der Waals surface area contributed by atoms with Gasteiger partial charge in [-0.3, -0.25) is 9.69 Å². The summed E-state index contributed by atoms with van der Waals surface area (Å²) in [6.07, 6.45) is 4.07. The third-order valence-electron chi connectivity index (χ3n) is 8.37. The van der Waals surface area contributed by atoms with E-state index < -0.39 is 5.97 Å². The fourth-order valence-corrected chi connectivity index (χ4v) is 6.11. The minimum absolute atomic E-state index is 0.0764. The molecule has 1 fully saturated rings. The number of hydrogen-bond acceptors (Lipinski definition) is 5. The molecule has 2 aliphatic rings. The van der Waals surface area contributed by atoms with Gasteiger partial charge < -0.3 is 14.7 Å². The molecule has 1 aliphatic heterocycles. The van der Waals surface area contributed by atoms with Crippen LogP contribution in [0, 0.1) is 12.3 Å². The van der Waals surface area contributed by atoms with Crippen molar-refractivity contribution in [1.29, 1.82) is 0 Å². The fraction of sp³-hybridized carbons (Fsp3) is 0.353. The number of carbonyl (C=O) groups is 2. The van der Waals surface area contributed by atoms with E-state index in [2.05, 4.69) is 35.8 Å². The number of nitrogens with zero attached hydrogens (tertiary/aromatic N) is 2. The van der Waals surface area contributed by atoms with Crippen LogP contribution < -0.4 is 9.64 Å². The van der Waals surface area contributed by atoms with Gasteiger partial charge in [0.25, 0.3) is 0 Å². The number of aromatic carboxylic acids is 1. The second kappa shape index (κ2) is 12.1. The summed E-state index contributed by atoms with van der Waals surface area (Å²) in [5.74, 6) is -0.451. The van der Waals surface area contributed by atoms with Gasteiger partial charge in [-0.25, -0.2) is 4.79 Å². The number of para-hydroxylation sites is 1. The highest BCUT2D eigenvalue weighted by molar-refractivity contribution is 6.30. The minimum atomic E-state index is -1.07. The minimum Gasteiger partial charge on any atom is -0.478 e. The Kier molecular flexibility index (Phi) is 8.52. The zero-order valence-electron chi connectivity index (χ0n) is 24.0. The Morgan fingerprint density at radius 2 is 1.73 bits per heavy atom. The SMILES string of the molecule is Cc1c(N2CCN(CC3=C(c4ccc(Cl)cc4)CC(C)(C)CC3)CC2)ccc(C(=O)O)c1Oc1ccccc1C=O. The maximum Gasteiger partial charge on any atom is 0.339 e. The number of benzene rings is 3. The van der Waals surface area contributed by atoms with E-state index in [1.54, 1.807) is 30.3 Å². The molecule has 0 saturated carbocycles. The number of anilines is 1. The fourth-order valence-electron chi connectivity index (χ4n) is 5.99. The van der Waals surface area contributed by atoms with Crippen molar-refractivity contribution in [3.63, 3.8) is 0 Å². The highest BCUT2D eigenvalue weighted by atomic mass is 35.5. The van der Waals surface area contributed by atoms with E-state index in [0.717, 1.165) is 68.1 Å². The van der Waals surface area contributed by atoms with Crippen molar-refractivity contribution in [3.05, 3.63) is 93.5 Å². The number of carbonyl (C=O) groups excluding carboxylic acids is 1. The molecule has 1 aliphatic carbocycles. The smallest absolute Gasteiger partial charge is 0.339 e. The number of hydrogen-bond donors (Lipinski definition) is 1. The average Bonchev–Trinajstić information content (AvgIpc) is 2.96. The first-order valence-corrected chi connectivity index (χ1v) is 14.6. The highest BCUT2D eigenvalue weighted by Gasteiger charge is 2.30. The van der Waals surface area contributed by atoms with Crippen molar-refractivity contribution in [3.8, 4) is 11.5 Å². The second-order valence-electron chi connectivity index (χ2n) is 11.8. The van der Waals surface area contributed by atoms with E-state index in [-0.39, 0.29) is 16.7 Å². The summed E-state index contributed by atoms with van der Waals surface area (Å²) in [7, 11) is 0. The predicted molar refractivity (Wildman–Crippen MR) is 165 cm³/mol. The molecule has 0 atom stereocenters. The van der Waals surface area contributed by atoms with E-state index in [4.69, 9.17) is 16.3 Å². The lowest BCUT2D eigenvalue weighted by atomic mass is 9.72. The Morgan fingerprint density at radius 1 is 1.02 bits per heavy atom. The third-order valence-corrected chi connectivity index (χ3v) is 8.62. The number of piperazine rings is 1. The summed E-state index contributed by atoms with van der Waals surface area (Å²) < 4.78 is 6.09. The van der Waals surface area contributed by atoms with Crippen LogP contribution in [0.25, 0.3) is 5.57 Å². The molecule has 6 nitrogen and oxygen atoms in total. The van der Waals surface area contributed by atoms with Gasteiger partial charge in [0.2, 0.25) is 0 Å². The van der Waals surface area contributed by atoms with Gasteiger partial charge in [0.1, 0.15) is 17.1 Å². The van der Waals surface area contributed by atoms with Gasteiger partial charge in [0, 0.05) is 49.0 Å². The lowest BCUT2D eigenvalue weighted by Gasteiger charge is -2.39. The maximum atomic E-state index is 12.0. The normalized spacial score (nSPS) is 17.4. The summed E-state index contributed by atoms with van der Waals surface area (Å²) >= 11 is 6.18. The number of carboxylic acid groups (broad SMARTS) is 1. The number of ether oxygens (including phenoxy) is 1. The first kappa shape index (κ1) is 28.9. The summed E-state index contributed by atoms with van der Waals surface area (Å²) in [4.78, 5) is 28.4. The molecule has 3 aromatic rings. The molecule has 0 amide bonds. The first-order chi connectivity index (χ1) is 19.6.